The lowest BCUT2D eigenvalue weighted by Gasteiger charge is -2.33. The number of nitro groups is 1. The number of hydrogen-bond acceptors (Lipinski definition) is 6. The maximum absolute atomic E-state index is 12.8. The van der Waals surface area contributed by atoms with E-state index < -0.39 is 10.5 Å². The van der Waals surface area contributed by atoms with Crippen LogP contribution in [0.15, 0.2) is 35.3 Å². The number of amides is 1. The molecule has 1 N–H and O–H groups in total. The highest BCUT2D eigenvalue weighted by Crippen LogP contribution is 2.27. The maximum atomic E-state index is 12.8. The molecule has 1 aliphatic rings. The Morgan fingerprint density at radius 3 is 2.39 bits per heavy atom. The van der Waals surface area contributed by atoms with Gasteiger partial charge in [-0.15, -0.1) is 0 Å². The summed E-state index contributed by atoms with van der Waals surface area (Å²) in [7, 11) is 0. The van der Waals surface area contributed by atoms with Gasteiger partial charge in [0, 0.05) is 37.2 Å². The molecule has 1 aromatic heterocycles. The SMILES string of the molecule is CC(C)C(C)NC(=O)C1CCN(c2cnn(-c3ccc([N+](=O)[O-])cc3)c(=O)c2Cl)CC1. The van der Waals surface area contributed by atoms with E-state index >= 15 is 0 Å². The minimum Gasteiger partial charge on any atom is -0.369 e. The van der Waals surface area contributed by atoms with Crippen LogP contribution in [0.4, 0.5) is 11.4 Å². The maximum Gasteiger partial charge on any atom is 0.292 e. The molecule has 0 radical (unpaired) electrons. The number of nitro benzene ring substituents is 1. The first-order valence-corrected chi connectivity index (χ1v) is 10.6. The van der Waals surface area contributed by atoms with Crippen LogP contribution in [0.25, 0.3) is 5.69 Å². The van der Waals surface area contributed by atoms with Crippen LogP contribution in [0.5, 0.6) is 0 Å². The van der Waals surface area contributed by atoms with Gasteiger partial charge in [0.15, 0.2) is 0 Å². The number of piperidine rings is 1. The second-order valence-corrected chi connectivity index (χ2v) is 8.51. The van der Waals surface area contributed by atoms with E-state index in [9.17, 15) is 19.7 Å². The van der Waals surface area contributed by atoms with E-state index in [0.717, 1.165) is 4.68 Å². The molecule has 2 aromatic rings. The standard InChI is InChI=1S/C21H26ClN5O4/c1-13(2)14(3)24-20(28)15-8-10-25(11-9-15)18-12-23-26(21(29)19(18)22)16-4-6-17(7-5-16)27(30)31/h4-7,12-15H,8-11H2,1-3H3,(H,24,28). The summed E-state index contributed by atoms with van der Waals surface area (Å²) in [5.74, 6) is 0.375. The van der Waals surface area contributed by atoms with Gasteiger partial charge in [-0.3, -0.25) is 19.7 Å². The summed E-state index contributed by atoms with van der Waals surface area (Å²) < 4.78 is 1.11. The van der Waals surface area contributed by atoms with Crippen LogP contribution >= 0.6 is 11.6 Å². The smallest absolute Gasteiger partial charge is 0.292 e. The number of hydrogen-bond donors (Lipinski definition) is 1. The van der Waals surface area contributed by atoms with Gasteiger partial charge in [0.05, 0.1) is 22.5 Å². The van der Waals surface area contributed by atoms with E-state index in [1.54, 1.807) is 0 Å². The third kappa shape index (κ3) is 5.04. The Bertz CT molecular complexity index is 1010. The van der Waals surface area contributed by atoms with Gasteiger partial charge in [0.2, 0.25) is 5.91 Å². The van der Waals surface area contributed by atoms with Gasteiger partial charge in [-0.05, 0) is 37.8 Å². The van der Waals surface area contributed by atoms with E-state index in [-0.39, 0.29) is 28.6 Å². The number of nitrogens with zero attached hydrogens (tertiary/aromatic N) is 4. The van der Waals surface area contributed by atoms with Crippen LogP contribution in [-0.4, -0.2) is 39.7 Å². The fourth-order valence-electron chi connectivity index (χ4n) is 3.44. The highest BCUT2D eigenvalue weighted by atomic mass is 35.5. The summed E-state index contributed by atoms with van der Waals surface area (Å²) in [5.41, 5.74) is 0.339. The molecule has 1 aromatic carbocycles. The lowest BCUT2D eigenvalue weighted by atomic mass is 9.94. The van der Waals surface area contributed by atoms with Gasteiger partial charge in [-0.2, -0.15) is 9.78 Å². The Morgan fingerprint density at radius 2 is 1.84 bits per heavy atom. The molecule has 3 rings (SSSR count). The quantitative estimate of drug-likeness (QED) is 0.537. The molecule has 0 aliphatic carbocycles. The molecule has 166 valence electrons. The topological polar surface area (TPSA) is 110 Å². The first-order chi connectivity index (χ1) is 14.7. The molecule has 9 nitrogen and oxygen atoms in total. The van der Waals surface area contributed by atoms with Gasteiger partial charge in [0.25, 0.3) is 11.2 Å². The number of halogens is 1. The zero-order valence-corrected chi connectivity index (χ0v) is 18.5. The minimum absolute atomic E-state index is 0.0321. The van der Waals surface area contributed by atoms with Crippen LogP contribution in [0.1, 0.15) is 33.6 Å². The van der Waals surface area contributed by atoms with Crippen molar-refractivity contribution < 1.29 is 9.72 Å². The first kappa shape index (κ1) is 22.7. The van der Waals surface area contributed by atoms with Crippen LogP contribution < -0.4 is 15.8 Å². The normalized spacial score (nSPS) is 15.7. The Labute approximate surface area is 185 Å². The first-order valence-electron chi connectivity index (χ1n) is 10.3. The van der Waals surface area contributed by atoms with Crippen molar-refractivity contribution in [3.63, 3.8) is 0 Å². The van der Waals surface area contributed by atoms with Gasteiger partial charge < -0.3 is 10.2 Å². The molecular formula is C21H26ClN5O4. The van der Waals surface area contributed by atoms with Gasteiger partial charge in [0.1, 0.15) is 5.02 Å². The Hall–Kier alpha value is -2.94. The van der Waals surface area contributed by atoms with E-state index in [0.29, 0.717) is 43.2 Å². The molecule has 1 fully saturated rings. The summed E-state index contributed by atoms with van der Waals surface area (Å²) in [6, 6.07) is 5.63. The number of carbonyl (C=O) groups excluding carboxylic acids is 1. The number of non-ortho nitro benzene ring substituents is 1. The lowest BCUT2D eigenvalue weighted by Crippen LogP contribution is -2.44. The summed E-state index contributed by atoms with van der Waals surface area (Å²) in [6.45, 7) is 7.33. The highest BCUT2D eigenvalue weighted by molar-refractivity contribution is 6.33. The van der Waals surface area contributed by atoms with Crippen LogP contribution in [0.2, 0.25) is 5.02 Å². The summed E-state index contributed by atoms with van der Waals surface area (Å²) in [6.07, 6.45) is 2.85. The number of benzene rings is 1. The molecule has 1 aliphatic heterocycles. The molecule has 0 spiro atoms. The molecule has 31 heavy (non-hydrogen) atoms. The van der Waals surface area contributed by atoms with Crippen molar-refractivity contribution in [1.29, 1.82) is 0 Å². The van der Waals surface area contributed by atoms with Crippen molar-refractivity contribution in [2.45, 2.75) is 39.7 Å². The lowest BCUT2D eigenvalue weighted by molar-refractivity contribution is -0.384. The van der Waals surface area contributed by atoms with Crippen molar-refractivity contribution in [1.82, 2.24) is 15.1 Å². The van der Waals surface area contributed by atoms with Crippen molar-refractivity contribution in [3.8, 4) is 5.69 Å². The minimum atomic E-state index is -0.510. The molecule has 1 amide bonds. The summed E-state index contributed by atoms with van der Waals surface area (Å²) in [5, 5.41) is 18.1. The van der Waals surface area contributed by atoms with Crippen molar-refractivity contribution in [2.24, 2.45) is 11.8 Å². The predicted molar refractivity (Wildman–Crippen MR) is 119 cm³/mol. The second kappa shape index (κ2) is 9.47. The molecule has 1 atom stereocenters. The van der Waals surface area contributed by atoms with Crippen molar-refractivity contribution in [3.05, 3.63) is 56.0 Å². The van der Waals surface area contributed by atoms with Gasteiger partial charge in [-0.1, -0.05) is 25.4 Å². The average Bonchev–Trinajstić information content (AvgIpc) is 2.75. The summed E-state index contributed by atoms with van der Waals surface area (Å²) in [4.78, 5) is 37.5. The molecular weight excluding hydrogens is 422 g/mol. The fraction of sp³-hybridized carbons (Fsp3) is 0.476. The highest BCUT2D eigenvalue weighted by Gasteiger charge is 2.28. The van der Waals surface area contributed by atoms with Crippen LogP contribution in [0.3, 0.4) is 0 Å². The number of nitrogens with one attached hydrogen (secondary N) is 1. The van der Waals surface area contributed by atoms with Crippen LogP contribution in [0, 0.1) is 22.0 Å². The number of rotatable bonds is 6. The van der Waals surface area contributed by atoms with Gasteiger partial charge in [-0.25, -0.2) is 0 Å². The van der Waals surface area contributed by atoms with E-state index in [2.05, 4.69) is 24.3 Å². The molecule has 0 bridgehead atoms. The molecule has 2 heterocycles. The Balaban J connectivity index is 1.71. The molecule has 1 saturated heterocycles. The molecule has 10 heteroatoms. The zero-order chi connectivity index (χ0) is 22.7. The molecule has 1 unspecified atom stereocenters. The van der Waals surface area contributed by atoms with Crippen molar-refractivity contribution in [2.75, 3.05) is 18.0 Å². The third-order valence-electron chi connectivity index (χ3n) is 5.78. The predicted octanol–water partition coefficient (Wildman–Crippen LogP) is 3.17. The number of carbonyl (C=O) groups is 1. The Morgan fingerprint density at radius 1 is 1.23 bits per heavy atom. The zero-order valence-electron chi connectivity index (χ0n) is 17.7. The fourth-order valence-corrected chi connectivity index (χ4v) is 3.68. The van der Waals surface area contributed by atoms with Crippen LogP contribution in [-0.2, 0) is 4.79 Å². The largest absolute Gasteiger partial charge is 0.369 e. The van der Waals surface area contributed by atoms with Gasteiger partial charge >= 0.3 is 0 Å². The average molecular weight is 448 g/mol. The van der Waals surface area contributed by atoms with E-state index in [1.807, 2.05) is 11.8 Å². The monoisotopic (exact) mass is 447 g/mol. The number of anilines is 1. The van der Waals surface area contributed by atoms with Crippen molar-refractivity contribution >= 4 is 28.9 Å². The second-order valence-electron chi connectivity index (χ2n) is 8.14. The van der Waals surface area contributed by atoms with E-state index in [1.165, 1.54) is 30.5 Å². The Kier molecular flexibility index (Phi) is 6.94. The molecule has 0 saturated carbocycles. The van der Waals surface area contributed by atoms with E-state index in [4.69, 9.17) is 11.6 Å². The summed E-state index contributed by atoms with van der Waals surface area (Å²) >= 11 is 6.36. The third-order valence-corrected chi connectivity index (χ3v) is 6.14. The number of aromatic nitrogens is 2.